The molecule has 0 bridgehead atoms. The average molecular weight is 354 g/mol. The quantitative estimate of drug-likeness (QED) is 0.815. The molecular formula is C18H24F2N2O3. The van der Waals surface area contributed by atoms with Crippen molar-refractivity contribution >= 4 is 5.91 Å². The predicted octanol–water partition coefficient (Wildman–Crippen LogP) is 2.61. The molecule has 7 heteroatoms. The topological polar surface area (TPSA) is 42.0 Å². The van der Waals surface area contributed by atoms with E-state index >= 15 is 0 Å². The van der Waals surface area contributed by atoms with E-state index in [1.807, 2.05) is 0 Å². The summed E-state index contributed by atoms with van der Waals surface area (Å²) in [5.41, 5.74) is 0.187. The summed E-state index contributed by atoms with van der Waals surface area (Å²) in [7, 11) is 0. The van der Waals surface area contributed by atoms with E-state index in [0.29, 0.717) is 13.1 Å². The van der Waals surface area contributed by atoms with Crippen LogP contribution >= 0.6 is 0 Å². The molecule has 3 rings (SSSR count). The van der Waals surface area contributed by atoms with Crippen LogP contribution in [0.15, 0.2) is 24.3 Å². The average Bonchev–Trinajstić information content (AvgIpc) is 2.63. The highest BCUT2D eigenvalue weighted by Gasteiger charge is 2.26. The standard InChI is InChI=1S/C18H24F2N2O3/c19-18(20)25-16-7-2-1-6-15(16)17(23)22-10-8-21(9-11-22)13-14-5-3-4-12-24-14/h1-2,6-7,14,18H,3-5,8-13H2. The Bertz CT molecular complexity index is 571. The number of carbonyl (C=O) groups excluding carboxylic acids is 1. The molecule has 25 heavy (non-hydrogen) atoms. The molecule has 2 saturated heterocycles. The Hall–Kier alpha value is -1.73. The maximum atomic E-state index is 12.7. The summed E-state index contributed by atoms with van der Waals surface area (Å²) in [5.74, 6) is -0.328. The van der Waals surface area contributed by atoms with Gasteiger partial charge in [0, 0.05) is 39.3 Å². The third kappa shape index (κ3) is 4.89. The zero-order chi connectivity index (χ0) is 17.6. The first-order chi connectivity index (χ1) is 12.1. The van der Waals surface area contributed by atoms with Crippen LogP contribution in [-0.4, -0.2) is 67.8 Å². The normalized spacial score (nSPS) is 22.2. The Kier molecular flexibility index (Phi) is 6.20. The number of alkyl halides is 2. The first kappa shape index (κ1) is 18.1. The van der Waals surface area contributed by atoms with Crippen molar-refractivity contribution in [1.82, 2.24) is 9.80 Å². The number of benzene rings is 1. The minimum absolute atomic E-state index is 0.0689. The van der Waals surface area contributed by atoms with Crippen molar-refractivity contribution in [3.8, 4) is 5.75 Å². The number of nitrogens with zero attached hydrogens (tertiary/aromatic N) is 2. The second kappa shape index (κ2) is 8.58. The fourth-order valence-electron chi connectivity index (χ4n) is 3.39. The van der Waals surface area contributed by atoms with Crippen LogP contribution < -0.4 is 4.74 Å². The van der Waals surface area contributed by atoms with Gasteiger partial charge in [0.15, 0.2) is 0 Å². The molecule has 0 spiro atoms. The number of hydrogen-bond acceptors (Lipinski definition) is 4. The Labute approximate surface area is 146 Å². The molecule has 2 heterocycles. The van der Waals surface area contributed by atoms with Gasteiger partial charge in [-0.25, -0.2) is 0 Å². The number of amides is 1. The molecule has 1 unspecified atom stereocenters. The van der Waals surface area contributed by atoms with E-state index in [4.69, 9.17) is 4.74 Å². The number of halogens is 2. The highest BCUT2D eigenvalue weighted by Crippen LogP contribution is 2.23. The second-order valence-corrected chi connectivity index (χ2v) is 6.46. The van der Waals surface area contributed by atoms with Gasteiger partial charge >= 0.3 is 6.61 Å². The third-order valence-electron chi connectivity index (χ3n) is 4.73. The van der Waals surface area contributed by atoms with Gasteiger partial charge in [-0.3, -0.25) is 9.69 Å². The highest BCUT2D eigenvalue weighted by molar-refractivity contribution is 5.97. The predicted molar refractivity (Wildman–Crippen MR) is 89.0 cm³/mol. The molecule has 5 nitrogen and oxygen atoms in total. The summed E-state index contributed by atoms with van der Waals surface area (Å²) < 4.78 is 35.3. The maximum absolute atomic E-state index is 12.7. The molecule has 1 amide bonds. The summed E-state index contributed by atoms with van der Waals surface area (Å²) >= 11 is 0. The SMILES string of the molecule is O=C(c1ccccc1OC(F)F)N1CCN(CC2CCCCO2)CC1. The molecule has 0 aliphatic carbocycles. The summed E-state index contributed by atoms with van der Waals surface area (Å²) in [6.07, 6.45) is 3.73. The van der Waals surface area contributed by atoms with Crippen molar-refractivity contribution < 1.29 is 23.0 Å². The van der Waals surface area contributed by atoms with Gasteiger partial charge in [0.2, 0.25) is 0 Å². The van der Waals surface area contributed by atoms with E-state index in [1.165, 1.54) is 18.6 Å². The molecular weight excluding hydrogens is 330 g/mol. The zero-order valence-electron chi connectivity index (χ0n) is 14.2. The summed E-state index contributed by atoms with van der Waals surface area (Å²) in [5, 5.41) is 0. The number of carbonyl (C=O) groups is 1. The number of piperazine rings is 1. The van der Waals surface area contributed by atoms with E-state index in [0.717, 1.165) is 39.1 Å². The maximum Gasteiger partial charge on any atom is 0.387 e. The van der Waals surface area contributed by atoms with Crippen LogP contribution in [0.4, 0.5) is 8.78 Å². The molecule has 0 radical (unpaired) electrons. The third-order valence-corrected chi connectivity index (χ3v) is 4.73. The van der Waals surface area contributed by atoms with E-state index in [2.05, 4.69) is 9.64 Å². The van der Waals surface area contributed by atoms with Crippen LogP contribution in [-0.2, 0) is 4.74 Å². The number of para-hydroxylation sites is 1. The Balaban J connectivity index is 1.55. The lowest BCUT2D eigenvalue weighted by Crippen LogP contribution is -2.51. The van der Waals surface area contributed by atoms with Crippen molar-refractivity contribution in [3.63, 3.8) is 0 Å². The van der Waals surface area contributed by atoms with Gasteiger partial charge in [-0.05, 0) is 31.4 Å². The van der Waals surface area contributed by atoms with Gasteiger partial charge in [0.05, 0.1) is 11.7 Å². The van der Waals surface area contributed by atoms with E-state index in [1.54, 1.807) is 17.0 Å². The van der Waals surface area contributed by atoms with Crippen molar-refractivity contribution in [3.05, 3.63) is 29.8 Å². The second-order valence-electron chi connectivity index (χ2n) is 6.46. The lowest BCUT2D eigenvalue weighted by Gasteiger charge is -2.37. The van der Waals surface area contributed by atoms with E-state index in [-0.39, 0.29) is 23.3 Å². The Morgan fingerprint density at radius 1 is 1.20 bits per heavy atom. The summed E-state index contributed by atoms with van der Waals surface area (Å²) in [6.45, 7) is 1.48. The minimum Gasteiger partial charge on any atom is -0.434 e. The first-order valence-corrected chi connectivity index (χ1v) is 8.80. The monoisotopic (exact) mass is 354 g/mol. The molecule has 1 aromatic carbocycles. The van der Waals surface area contributed by atoms with Gasteiger partial charge < -0.3 is 14.4 Å². The summed E-state index contributed by atoms with van der Waals surface area (Å²) in [6, 6.07) is 6.16. The van der Waals surface area contributed by atoms with E-state index < -0.39 is 6.61 Å². The zero-order valence-corrected chi connectivity index (χ0v) is 14.2. The molecule has 0 N–H and O–H groups in total. The van der Waals surface area contributed by atoms with Crippen LogP contribution in [0.2, 0.25) is 0 Å². The summed E-state index contributed by atoms with van der Waals surface area (Å²) in [4.78, 5) is 16.7. The van der Waals surface area contributed by atoms with Gasteiger partial charge in [0.1, 0.15) is 5.75 Å². The molecule has 2 aliphatic rings. The van der Waals surface area contributed by atoms with Gasteiger partial charge in [-0.15, -0.1) is 0 Å². The fraction of sp³-hybridized carbons (Fsp3) is 0.611. The molecule has 1 atom stereocenters. The molecule has 2 fully saturated rings. The van der Waals surface area contributed by atoms with Crippen molar-refractivity contribution in [2.45, 2.75) is 32.0 Å². The molecule has 2 aliphatic heterocycles. The van der Waals surface area contributed by atoms with Crippen molar-refractivity contribution in [2.24, 2.45) is 0 Å². The van der Waals surface area contributed by atoms with Crippen LogP contribution in [0.1, 0.15) is 29.6 Å². The smallest absolute Gasteiger partial charge is 0.387 e. The Morgan fingerprint density at radius 3 is 2.64 bits per heavy atom. The first-order valence-electron chi connectivity index (χ1n) is 8.80. The fourth-order valence-corrected chi connectivity index (χ4v) is 3.39. The van der Waals surface area contributed by atoms with Crippen LogP contribution in [0.25, 0.3) is 0 Å². The molecule has 1 aromatic rings. The molecule has 0 aromatic heterocycles. The number of ether oxygens (including phenoxy) is 2. The van der Waals surface area contributed by atoms with Gasteiger partial charge in [-0.1, -0.05) is 12.1 Å². The molecule has 138 valence electrons. The Morgan fingerprint density at radius 2 is 1.96 bits per heavy atom. The van der Waals surface area contributed by atoms with Gasteiger partial charge in [0.25, 0.3) is 5.91 Å². The largest absolute Gasteiger partial charge is 0.434 e. The number of hydrogen-bond donors (Lipinski definition) is 0. The van der Waals surface area contributed by atoms with Crippen molar-refractivity contribution in [1.29, 1.82) is 0 Å². The van der Waals surface area contributed by atoms with Crippen molar-refractivity contribution in [2.75, 3.05) is 39.3 Å². The van der Waals surface area contributed by atoms with Crippen LogP contribution in [0.3, 0.4) is 0 Å². The van der Waals surface area contributed by atoms with Crippen LogP contribution in [0.5, 0.6) is 5.75 Å². The lowest BCUT2D eigenvalue weighted by atomic mass is 10.1. The van der Waals surface area contributed by atoms with Gasteiger partial charge in [-0.2, -0.15) is 8.78 Å². The lowest BCUT2D eigenvalue weighted by molar-refractivity contribution is -0.0503. The molecule has 0 saturated carbocycles. The minimum atomic E-state index is -2.94. The number of rotatable bonds is 5. The van der Waals surface area contributed by atoms with Crippen LogP contribution in [0, 0.1) is 0 Å². The highest BCUT2D eigenvalue weighted by atomic mass is 19.3. The van der Waals surface area contributed by atoms with E-state index in [9.17, 15) is 13.6 Å².